The van der Waals surface area contributed by atoms with Gasteiger partial charge in [0.15, 0.2) is 0 Å². The average molecular weight is 325 g/mol. The Morgan fingerprint density at radius 1 is 1.22 bits per heavy atom. The highest BCUT2D eigenvalue weighted by Gasteiger charge is 2.15. The molecule has 0 saturated carbocycles. The molecule has 2 amide bonds. The normalized spacial score (nSPS) is 10.4. The number of methoxy groups -OCH3 is 2. The van der Waals surface area contributed by atoms with Gasteiger partial charge >= 0.3 is 0 Å². The number of hydroxylamine groups is 2. The minimum absolute atomic E-state index is 0.0702. The number of carbonyl (C=O) groups excluding carboxylic acids is 2. The molecular formula is C15H23N3O5. The van der Waals surface area contributed by atoms with Gasteiger partial charge in [0.2, 0.25) is 0 Å². The van der Waals surface area contributed by atoms with Crippen LogP contribution in [-0.2, 0) is 9.47 Å². The number of rotatable bonds is 10. The van der Waals surface area contributed by atoms with E-state index in [1.54, 1.807) is 14.2 Å². The summed E-state index contributed by atoms with van der Waals surface area (Å²) in [6, 6.07) is 2.90. The molecule has 8 nitrogen and oxygen atoms in total. The van der Waals surface area contributed by atoms with Gasteiger partial charge in [-0.25, -0.2) is 5.06 Å². The minimum Gasteiger partial charge on any atom is -0.385 e. The Morgan fingerprint density at radius 2 is 1.91 bits per heavy atom. The van der Waals surface area contributed by atoms with E-state index in [2.05, 4.69) is 10.3 Å². The van der Waals surface area contributed by atoms with Crippen molar-refractivity contribution in [3.8, 4) is 0 Å². The van der Waals surface area contributed by atoms with Crippen molar-refractivity contribution in [3.63, 3.8) is 0 Å². The van der Waals surface area contributed by atoms with Gasteiger partial charge in [-0.3, -0.25) is 19.8 Å². The lowest BCUT2D eigenvalue weighted by molar-refractivity contribution is -0.0615. The molecule has 8 heteroatoms. The Balaban J connectivity index is 2.51. The summed E-state index contributed by atoms with van der Waals surface area (Å²) in [5.74, 6) is -0.887. The lowest BCUT2D eigenvalue weighted by atomic mass is 10.2. The zero-order valence-corrected chi connectivity index (χ0v) is 13.4. The molecule has 0 aliphatic heterocycles. The van der Waals surface area contributed by atoms with Crippen molar-refractivity contribution in [3.05, 3.63) is 29.6 Å². The predicted molar refractivity (Wildman–Crippen MR) is 82.4 cm³/mol. The van der Waals surface area contributed by atoms with E-state index in [1.165, 1.54) is 18.3 Å². The standard InChI is InChI=1S/C15H23N3O5/c1-22-9-3-7-16-14(19)12-5-6-13(17-11-12)15(20)18(21)8-4-10-23-2/h5-6,11,21H,3-4,7-10H2,1-2H3,(H,16,19). The molecule has 1 aromatic heterocycles. The molecule has 0 radical (unpaired) electrons. The van der Waals surface area contributed by atoms with Crippen molar-refractivity contribution < 1.29 is 24.3 Å². The number of nitrogens with one attached hydrogen (secondary N) is 1. The van der Waals surface area contributed by atoms with Crippen molar-refractivity contribution in [2.75, 3.05) is 40.5 Å². The van der Waals surface area contributed by atoms with Crippen molar-refractivity contribution in [2.45, 2.75) is 12.8 Å². The molecule has 0 saturated heterocycles. The fourth-order valence-electron chi connectivity index (χ4n) is 1.77. The van der Waals surface area contributed by atoms with E-state index < -0.39 is 5.91 Å². The fraction of sp³-hybridized carbons (Fsp3) is 0.533. The lowest BCUT2D eigenvalue weighted by Crippen LogP contribution is -2.30. The highest BCUT2D eigenvalue weighted by atomic mass is 16.5. The van der Waals surface area contributed by atoms with E-state index in [0.717, 1.165) is 0 Å². The van der Waals surface area contributed by atoms with Gasteiger partial charge in [0.05, 0.1) is 12.1 Å². The molecule has 0 aliphatic carbocycles. The van der Waals surface area contributed by atoms with Crippen LogP contribution >= 0.6 is 0 Å². The summed E-state index contributed by atoms with van der Waals surface area (Å²) in [6.45, 7) is 1.66. The summed E-state index contributed by atoms with van der Waals surface area (Å²) < 4.78 is 9.74. The van der Waals surface area contributed by atoms with E-state index in [0.29, 0.717) is 43.2 Å². The fourth-order valence-corrected chi connectivity index (χ4v) is 1.77. The molecule has 128 valence electrons. The topological polar surface area (TPSA) is 101 Å². The van der Waals surface area contributed by atoms with E-state index in [1.807, 2.05) is 0 Å². The van der Waals surface area contributed by atoms with Crippen LogP contribution in [0.25, 0.3) is 0 Å². The first-order valence-corrected chi connectivity index (χ1v) is 7.33. The van der Waals surface area contributed by atoms with Gasteiger partial charge in [0, 0.05) is 40.2 Å². The average Bonchev–Trinajstić information content (AvgIpc) is 2.58. The summed E-state index contributed by atoms with van der Waals surface area (Å²) in [7, 11) is 3.14. The molecule has 0 atom stereocenters. The molecule has 1 aromatic rings. The lowest BCUT2D eigenvalue weighted by Gasteiger charge is -2.14. The Labute approximate surface area is 135 Å². The van der Waals surface area contributed by atoms with Gasteiger partial charge < -0.3 is 14.8 Å². The van der Waals surface area contributed by atoms with Crippen LogP contribution in [0.2, 0.25) is 0 Å². The number of carbonyl (C=O) groups is 2. The Kier molecular flexibility index (Phi) is 8.81. The molecule has 0 aliphatic rings. The zero-order chi connectivity index (χ0) is 17.1. The monoisotopic (exact) mass is 325 g/mol. The maximum Gasteiger partial charge on any atom is 0.295 e. The van der Waals surface area contributed by atoms with E-state index >= 15 is 0 Å². The van der Waals surface area contributed by atoms with Crippen LogP contribution in [0.15, 0.2) is 18.3 Å². The number of aromatic nitrogens is 1. The molecule has 0 unspecified atom stereocenters. The number of ether oxygens (including phenoxy) is 2. The molecular weight excluding hydrogens is 302 g/mol. The third-order valence-electron chi connectivity index (χ3n) is 3.01. The smallest absolute Gasteiger partial charge is 0.295 e. The molecule has 1 heterocycles. The first kappa shape index (κ1) is 19.0. The number of amides is 2. The maximum atomic E-state index is 11.9. The number of pyridine rings is 1. The van der Waals surface area contributed by atoms with Crippen LogP contribution in [0.1, 0.15) is 33.7 Å². The number of hydrogen-bond donors (Lipinski definition) is 2. The Morgan fingerprint density at radius 3 is 2.52 bits per heavy atom. The second kappa shape index (κ2) is 10.7. The minimum atomic E-state index is -0.617. The van der Waals surface area contributed by atoms with E-state index in [4.69, 9.17) is 9.47 Å². The van der Waals surface area contributed by atoms with Crippen LogP contribution in [-0.4, -0.2) is 67.6 Å². The second-order valence-electron chi connectivity index (χ2n) is 4.81. The summed E-state index contributed by atoms with van der Waals surface area (Å²) in [4.78, 5) is 27.7. The molecule has 2 N–H and O–H groups in total. The maximum absolute atomic E-state index is 11.9. The summed E-state index contributed by atoms with van der Waals surface area (Å²) >= 11 is 0. The second-order valence-corrected chi connectivity index (χ2v) is 4.81. The van der Waals surface area contributed by atoms with Crippen LogP contribution in [0.3, 0.4) is 0 Å². The Hall–Kier alpha value is -2.03. The molecule has 0 spiro atoms. The predicted octanol–water partition coefficient (Wildman–Crippen LogP) is 0.716. The van der Waals surface area contributed by atoms with Crippen LogP contribution < -0.4 is 5.32 Å². The van der Waals surface area contributed by atoms with Gasteiger partial charge in [-0.05, 0) is 25.0 Å². The quantitative estimate of drug-likeness (QED) is 0.373. The molecule has 23 heavy (non-hydrogen) atoms. The van der Waals surface area contributed by atoms with Gasteiger partial charge in [-0.15, -0.1) is 0 Å². The Bertz CT molecular complexity index is 492. The van der Waals surface area contributed by atoms with Gasteiger partial charge in [-0.2, -0.15) is 0 Å². The van der Waals surface area contributed by atoms with Crippen LogP contribution in [0, 0.1) is 0 Å². The third-order valence-corrected chi connectivity index (χ3v) is 3.01. The number of nitrogens with zero attached hydrogens (tertiary/aromatic N) is 2. The van der Waals surface area contributed by atoms with Crippen LogP contribution in [0.4, 0.5) is 0 Å². The van der Waals surface area contributed by atoms with E-state index in [-0.39, 0.29) is 18.1 Å². The SMILES string of the molecule is COCCCNC(=O)c1ccc(C(=O)N(O)CCCOC)nc1. The van der Waals surface area contributed by atoms with Crippen molar-refractivity contribution in [2.24, 2.45) is 0 Å². The van der Waals surface area contributed by atoms with Crippen molar-refractivity contribution in [1.82, 2.24) is 15.4 Å². The molecule has 0 aromatic carbocycles. The van der Waals surface area contributed by atoms with Gasteiger partial charge in [-0.1, -0.05) is 0 Å². The van der Waals surface area contributed by atoms with Gasteiger partial charge in [0.25, 0.3) is 11.8 Å². The first-order valence-electron chi connectivity index (χ1n) is 7.33. The van der Waals surface area contributed by atoms with Crippen molar-refractivity contribution in [1.29, 1.82) is 0 Å². The van der Waals surface area contributed by atoms with Crippen LogP contribution in [0.5, 0.6) is 0 Å². The molecule has 1 rings (SSSR count). The largest absolute Gasteiger partial charge is 0.385 e. The summed E-state index contributed by atoms with van der Waals surface area (Å²) in [6.07, 6.45) is 2.54. The first-order chi connectivity index (χ1) is 11.1. The zero-order valence-electron chi connectivity index (χ0n) is 13.4. The highest BCUT2D eigenvalue weighted by Crippen LogP contribution is 2.04. The third kappa shape index (κ3) is 6.72. The molecule has 0 bridgehead atoms. The highest BCUT2D eigenvalue weighted by molar-refractivity contribution is 5.95. The van der Waals surface area contributed by atoms with Gasteiger partial charge in [0.1, 0.15) is 5.69 Å². The summed E-state index contributed by atoms with van der Waals surface area (Å²) in [5, 5.41) is 13.0. The van der Waals surface area contributed by atoms with Crippen molar-refractivity contribution >= 4 is 11.8 Å². The van der Waals surface area contributed by atoms with E-state index in [9.17, 15) is 14.8 Å². The number of hydrogen-bond acceptors (Lipinski definition) is 6. The molecule has 0 fully saturated rings. The summed E-state index contributed by atoms with van der Waals surface area (Å²) in [5.41, 5.74) is 0.420.